The summed E-state index contributed by atoms with van der Waals surface area (Å²) in [4.78, 5) is 11.7. The molecule has 1 amide bonds. The van der Waals surface area contributed by atoms with Gasteiger partial charge >= 0.3 is 0 Å². The van der Waals surface area contributed by atoms with Crippen LogP contribution in [0.3, 0.4) is 0 Å². The minimum Gasteiger partial charge on any atom is -0.393 e. The number of carbonyl (C=O) groups excluding carboxylic acids is 1. The molecule has 3 heteroatoms. The average molecular weight is 327 g/mol. The smallest absolute Gasteiger partial charge is 0.243 e. The zero-order valence-electron chi connectivity index (χ0n) is 14.6. The summed E-state index contributed by atoms with van der Waals surface area (Å²) in [5.74, 6) is 0.393. The molecule has 1 rings (SSSR count). The largest absolute Gasteiger partial charge is 0.393 e. The molecule has 0 spiro atoms. The van der Waals surface area contributed by atoms with Crippen LogP contribution in [0.25, 0.3) is 0 Å². The van der Waals surface area contributed by atoms with E-state index in [4.69, 9.17) is 0 Å². The molecule has 0 aromatic carbocycles. The number of aliphatic hydroxyl groups excluding tert-OH is 1. The van der Waals surface area contributed by atoms with Crippen molar-refractivity contribution in [2.45, 2.75) is 32.8 Å². The first-order valence-corrected chi connectivity index (χ1v) is 8.55. The molecule has 1 heterocycles. The summed E-state index contributed by atoms with van der Waals surface area (Å²) in [6.07, 6.45) is 23.9. The van der Waals surface area contributed by atoms with Crippen LogP contribution in [0.1, 0.15) is 26.7 Å². The van der Waals surface area contributed by atoms with Gasteiger partial charge in [0, 0.05) is 12.6 Å². The lowest BCUT2D eigenvalue weighted by Gasteiger charge is -2.15. The van der Waals surface area contributed by atoms with Crippen LogP contribution in [-0.4, -0.2) is 23.7 Å². The molecular weight excluding hydrogens is 298 g/mol. The Morgan fingerprint density at radius 2 is 1.54 bits per heavy atom. The minimum atomic E-state index is -0.351. The van der Waals surface area contributed by atoms with Crippen LogP contribution in [0, 0.1) is 11.8 Å². The fourth-order valence-electron chi connectivity index (χ4n) is 2.10. The highest BCUT2D eigenvalue weighted by molar-refractivity contribution is 5.87. The topological polar surface area (TPSA) is 49.3 Å². The Kier molecular flexibility index (Phi) is 10.2. The van der Waals surface area contributed by atoms with Crippen LogP contribution in [0.15, 0.2) is 72.9 Å². The van der Waals surface area contributed by atoms with Gasteiger partial charge in [0.25, 0.3) is 0 Å². The lowest BCUT2D eigenvalue weighted by Crippen LogP contribution is -2.25. The van der Waals surface area contributed by atoms with Crippen molar-refractivity contribution in [1.82, 2.24) is 5.32 Å². The van der Waals surface area contributed by atoms with Crippen LogP contribution in [0.5, 0.6) is 0 Å². The summed E-state index contributed by atoms with van der Waals surface area (Å²) in [5, 5.41) is 13.0. The van der Waals surface area contributed by atoms with E-state index in [9.17, 15) is 9.90 Å². The van der Waals surface area contributed by atoms with Crippen molar-refractivity contribution in [2.75, 3.05) is 6.54 Å². The van der Waals surface area contributed by atoms with Gasteiger partial charge in [-0.25, -0.2) is 0 Å². The first kappa shape index (κ1) is 19.9. The minimum absolute atomic E-state index is 0.0963. The molecule has 0 aromatic rings. The Hall–Kier alpha value is -2.13. The van der Waals surface area contributed by atoms with E-state index in [-0.39, 0.29) is 23.8 Å². The molecule has 0 saturated carbocycles. The molecule has 0 saturated heterocycles. The van der Waals surface area contributed by atoms with E-state index < -0.39 is 0 Å². The maximum Gasteiger partial charge on any atom is 0.243 e. The normalized spacial score (nSPS) is 27.1. The lowest BCUT2D eigenvalue weighted by atomic mass is 9.98. The molecule has 3 nitrogen and oxygen atoms in total. The van der Waals surface area contributed by atoms with Crippen LogP contribution in [-0.2, 0) is 4.79 Å². The molecule has 0 radical (unpaired) electrons. The van der Waals surface area contributed by atoms with Crippen molar-refractivity contribution in [3.05, 3.63) is 72.9 Å². The molecule has 0 bridgehead atoms. The van der Waals surface area contributed by atoms with Crippen molar-refractivity contribution in [2.24, 2.45) is 11.8 Å². The number of rotatable bonds is 0. The van der Waals surface area contributed by atoms with Crippen molar-refractivity contribution in [1.29, 1.82) is 0 Å². The van der Waals surface area contributed by atoms with E-state index in [0.29, 0.717) is 13.0 Å². The van der Waals surface area contributed by atoms with Gasteiger partial charge in [0.2, 0.25) is 5.91 Å². The maximum absolute atomic E-state index is 11.7. The van der Waals surface area contributed by atoms with Crippen molar-refractivity contribution < 1.29 is 9.90 Å². The molecule has 0 fully saturated rings. The van der Waals surface area contributed by atoms with Gasteiger partial charge in [0.05, 0.1) is 6.10 Å². The molecule has 2 N–H and O–H groups in total. The number of hydrogen-bond donors (Lipinski definition) is 2. The number of allylic oxidation sites excluding steroid dienone is 9. The number of nitrogens with one attached hydrogen (secondary N) is 1. The van der Waals surface area contributed by atoms with E-state index in [1.807, 2.05) is 42.5 Å². The van der Waals surface area contributed by atoms with E-state index >= 15 is 0 Å². The highest BCUT2D eigenvalue weighted by Crippen LogP contribution is 2.12. The fraction of sp³-hybridized carbons (Fsp3) is 0.381. The van der Waals surface area contributed by atoms with Crippen LogP contribution >= 0.6 is 0 Å². The van der Waals surface area contributed by atoms with Gasteiger partial charge in [-0.15, -0.1) is 0 Å². The van der Waals surface area contributed by atoms with E-state index in [0.717, 1.165) is 6.42 Å². The second kappa shape index (κ2) is 12.3. The zero-order valence-corrected chi connectivity index (χ0v) is 14.6. The summed E-state index contributed by atoms with van der Waals surface area (Å²) in [7, 11) is 0. The molecule has 130 valence electrons. The number of hydrogen-bond acceptors (Lipinski definition) is 2. The van der Waals surface area contributed by atoms with Gasteiger partial charge in [-0.2, -0.15) is 0 Å². The van der Waals surface area contributed by atoms with Crippen LogP contribution in [0.2, 0.25) is 0 Å². The molecular formula is C21H29NO2. The zero-order chi connectivity index (χ0) is 17.6. The van der Waals surface area contributed by atoms with Gasteiger partial charge in [-0.05, 0) is 24.7 Å². The Labute approximate surface area is 145 Å². The third kappa shape index (κ3) is 9.80. The van der Waals surface area contributed by atoms with E-state index in [1.165, 1.54) is 6.08 Å². The van der Waals surface area contributed by atoms with E-state index in [1.54, 1.807) is 12.2 Å². The lowest BCUT2D eigenvalue weighted by molar-refractivity contribution is -0.116. The summed E-state index contributed by atoms with van der Waals surface area (Å²) in [5.41, 5.74) is 0. The Morgan fingerprint density at radius 3 is 2.29 bits per heavy atom. The summed E-state index contributed by atoms with van der Waals surface area (Å²) < 4.78 is 0. The molecule has 3 atom stereocenters. The van der Waals surface area contributed by atoms with Gasteiger partial charge in [0.15, 0.2) is 0 Å². The highest BCUT2D eigenvalue weighted by Gasteiger charge is 2.10. The molecule has 0 aromatic heterocycles. The fourth-order valence-corrected chi connectivity index (χ4v) is 2.10. The van der Waals surface area contributed by atoms with Gasteiger partial charge in [-0.1, -0.05) is 80.7 Å². The molecule has 1 aliphatic heterocycles. The summed E-state index contributed by atoms with van der Waals surface area (Å²) in [6.45, 7) is 4.73. The predicted molar refractivity (Wildman–Crippen MR) is 101 cm³/mol. The molecule has 3 unspecified atom stereocenters. The van der Waals surface area contributed by atoms with Gasteiger partial charge < -0.3 is 10.4 Å². The average Bonchev–Trinajstić information content (AvgIpc) is 2.57. The van der Waals surface area contributed by atoms with Crippen LogP contribution < -0.4 is 5.32 Å². The SMILES string of the molecule is CC1C=CC=CC=CCC(C)C(O)CC=CC=CC=CC(=O)NC1. The Balaban J connectivity index is 2.70. The Bertz CT molecular complexity index is 538. The molecule has 24 heavy (non-hydrogen) atoms. The van der Waals surface area contributed by atoms with Gasteiger partial charge in [-0.3, -0.25) is 4.79 Å². The highest BCUT2D eigenvalue weighted by atomic mass is 16.3. The van der Waals surface area contributed by atoms with Crippen molar-refractivity contribution in [3.63, 3.8) is 0 Å². The first-order valence-electron chi connectivity index (χ1n) is 8.55. The quantitative estimate of drug-likeness (QED) is 0.709. The van der Waals surface area contributed by atoms with Crippen molar-refractivity contribution in [3.8, 4) is 0 Å². The third-order valence-electron chi connectivity index (χ3n) is 3.77. The molecule has 0 aliphatic carbocycles. The maximum atomic E-state index is 11.7. The second-order valence-electron chi connectivity index (χ2n) is 6.11. The second-order valence-corrected chi connectivity index (χ2v) is 6.11. The number of carbonyl (C=O) groups is 1. The standard InChI is InChI=1S/C21H29NO2/c1-18-13-9-5-3-6-10-14-19(2)20(23)15-11-7-4-8-12-16-21(24)22-17-18/h3-13,16,18-20,23H,14-15,17H2,1-2H3,(H,22,24). The third-order valence-corrected chi connectivity index (χ3v) is 3.77. The Morgan fingerprint density at radius 1 is 0.917 bits per heavy atom. The van der Waals surface area contributed by atoms with Gasteiger partial charge in [0.1, 0.15) is 0 Å². The number of amides is 1. The van der Waals surface area contributed by atoms with E-state index in [2.05, 4.69) is 31.3 Å². The predicted octanol–water partition coefficient (Wildman–Crippen LogP) is 3.87. The summed E-state index contributed by atoms with van der Waals surface area (Å²) in [6, 6.07) is 0. The molecule has 1 aliphatic rings. The van der Waals surface area contributed by atoms with Crippen molar-refractivity contribution >= 4 is 5.91 Å². The summed E-state index contributed by atoms with van der Waals surface area (Å²) >= 11 is 0. The van der Waals surface area contributed by atoms with Crippen LogP contribution in [0.4, 0.5) is 0 Å². The first-order chi connectivity index (χ1) is 11.6. The monoisotopic (exact) mass is 327 g/mol. The number of aliphatic hydroxyl groups is 1.